The molecule has 3 heteroatoms. The lowest BCUT2D eigenvalue weighted by Gasteiger charge is -2.18. The molecule has 1 aliphatic rings. The minimum atomic E-state index is -0.153. The molecule has 1 aromatic rings. The Balaban J connectivity index is 2.00. The Labute approximate surface area is 111 Å². The van der Waals surface area contributed by atoms with Crippen LogP contribution in [-0.2, 0) is 6.42 Å². The van der Waals surface area contributed by atoms with Crippen LogP contribution in [0.5, 0.6) is 0 Å². The summed E-state index contributed by atoms with van der Waals surface area (Å²) in [5, 5.41) is 3.58. The first-order valence-electron chi connectivity index (χ1n) is 6.37. The maximum Gasteiger partial charge on any atom is 0.124 e. The van der Waals surface area contributed by atoms with Crippen molar-refractivity contribution in [2.75, 3.05) is 6.54 Å². The number of halogens is 2. The predicted molar refractivity (Wildman–Crippen MR) is 72.6 cm³/mol. The van der Waals surface area contributed by atoms with Gasteiger partial charge in [-0.3, -0.25) is 0 Å². The van der Waals surface area contributed by atoms with Crippen molar-refractivity contribution in [3.8, 4) is 0 Å². The van der Waals surface area contributed by atoms with Crippen molar-refractivity contribution < 1.29 is 4.39 Å². The second-order valence-corrected chi connectivity index (χ2v) is 5.80. The zero-order valence-electron chi connectivity index (χ0n) is 10.2. The van der Waals surface area contributed by atoms with Crippen LogP contribution in [0, 0.1) is 11.7 Å². The van der Waals surface area contributed by atoms with E-state index >= 15 is 0 Å². The number of hydrogen-bond donors (Lipinski definition) is 1. The molecule has 1 aromatic carbocycles. The fraction of sp³-hybridized carbons (Fsp3) is 0.571. The molecule has 2 rings (SSSR count). The van der Waals surface area contributed by atoms with Crippen molar-refractivity contribution >= 4 is 15.9 Å². The van der Waals surface area contributed by atoms with Gasteiger partial charge in [-0.25, -0.2) is 4.39 Å². The minimum Gasteiger partial charge on any atom is -0.313 e. The highest BCUT2D eigenvalue weighted by Gasteiger charge is 2.30. The van der Waals surface area contributed by atoms with Gasteiger partial charge in [0, 0.05) is 10.5 Å². The molecule has 1 nitrogen and oxygen atoms in total. The highest BCUT2D eigenvalue weighted by molar-refractivity contribution is 9.10. The third kappa shape index (κ3) is 4.07. The summed E-state index contributed by atoms with van der Waals surface area (Å²) < 4.78 is 14.1. The molecule has 17 heavy (non-hydrogen) atoms. The average Bonchev–Trinajstić information content (AvgIpc) is 3.06. The summed E-state index contributed by atoms with van der Waals surface area (Å²) in [7, 11) is 0. The minimum absolute atomic E-state index is 0.153. The molecule has 0 bridgehead atoms. The van der Waals surface area contributed by atoms with Crippen LogP contribution in [-0.4, -0.2) is 12.6 Å². The lowest BCUT2D eigenvalue weighted by Crippen LogP contribution is -2.33. The van der Waals surface area contributed by atoms with Gasteiger partial charge in [-0.05, 0) is 61.9 Å². The second kappa shape index (κ2) is 5.96. The molecule has 1 N–H and O–H groups in total. The van der Waals surface area contributed by atoms with E-state index in [1.807, 2.05) is 6.07 Å². The van der Waals surface area contributed by atoms with E-state index in [0.29, 0.717) is 6.04 Å². The van der Waals surface area contributed by atoms with Crippen molar-refractivity contribution in [2.45, 2.75) is 38.6 Å². The van der Waals surface area contributed by atoms with Gasteiger partial charge in [0.25, 0.3) is 0 Å². The van der Waals surface area contributed by atoms with Crippen LogP contribution in [0.1, 0.15) is 31.7 Å². The van der Waals surface area contributed by atoms with E-state index in [0.717, 1.165) is 35.3 Å². The molecular formula is C14H19BrFN. The lowest BCUT2D eigenvalue weighted by atomic mass is 10.0. The van der Waals surface area contributed by atoms with Gasteiger partial charge in [0.1, 0.15) is 5.82 Å². The Hall–Kier alpha value is -0.410. The van der Waals surface area contributed by atoms with Gasteiger partial charge < -0.3 is 5.32 Å². The molecule has 94 valence electrons. The molecule has 1 saturated carbocycles. The fourth-order valence-electron chi connectivity index (χ4n) is 2.22. The molecule has 1 aliphatic carbocycles. The standard InChI is InChI=1S/C14H19BrFN/c1-2-5-17-14(11-3-4-11)8-10-6-12(15)9-13(16)7-10/h6-7,9,11,14,17H,2-5,8H2,1H3. The van der Waals surface area contributed by atoms with Gasteiger partial charge in [0.05, 0.1) is 0 Å². The molecule has 0 spiro atoms. The molecule has 0 aromatic heterocycles. The van der Waals surface area contributed by atoms with Crippen molar-refractivity contribution in [1.82, 2.24) is 5.32 Å². The maximum absolute atomic E-state index is 13.3. The summed E-state index contributed by atoms with van der Waals surface area (Å²) in [6.07, 6.45) is 4.72. The first-order valence-corrected chi connectivity index (χ1v) is 7.16. The maximum atomic E-state index is 13.3. The first kappa shape index (κ1) is 13.0. The van der Waals surface area contributed by atoms with Gasteiger partial charge in [0.2, 0.25) is 0 Å². The zero-order chi connectivity index (χ0) is 12.3. The third-order valence-corrected chi connectivity index (χ3v) is 3.68. The van der Waals surface area contributed by atoms with Crippen LogP contribution in [0.3, 0.4) is 0 Å². The van der Waals surface area contributed by atoms with Gasteiger partial charge >= 0.3 is 0 Å². The fourth-order valence-corrected chi connectivity index (χ4v) is 2.73. The van der Waals surface area contributed by atoms with E-state index in [9.17, 15) is 4.39 Å². The van der Waals surface area contributed by atoms with E-state index in [-0.39, 0.29) is 5.82 Å². The topological polar surface area (TPSA) is 12.0 Å². The normalized spacial score (nSPS) is 17.1. The van der Waals surface area contributed by atoms with Crippen LogP contribution in [0.15, 0.2) is 22.7 Å². The predicted octanol–water partition coefficient (Wildman–Crippen LogP) is 3.91. The first-order chi connectivity index (χ1) is 8.19. The van der Waals surface area contributed by atoms with Crippen molar-refractivity contribution in [3.63, 3.8) is 0 Å². The molecule has 0 amide bonds. The van der Waals surface area contributed by atoms with E-state index in [2.05, 4.69) is 28.2 Å². The van der Waals surface area contributed by atoms with Gasteiger partial charge in [-0.1, -0.05) is 22.9 Å². The SMILES string of the molecule is CCCNC(Cc1cc(F)cc(Br)c1)C1CC1. The quantitative estimate of drug-likeness (QED) is 0.840. The Morgan fingerprint density at radius 3 is 2.76 bits per heavy atom. The van der Waals surface area contributed by atoms with Crippen molar-refractivity contribution in [3.05, 3.63) is 34.1 Å². The molecule has 0 radical (unpaired) electrons. The Bertz CT molecular complexity index is 356. The summed E-state index contributed by atoms with van der Waals surface area (Å²) in [5.74, 6) is 0.642. The molecule has 1 atom stereocenters. The summed E-state index contributed by atoms with van der Waals surface area (Å²) in [5.41, 5.74) is 1.08. The number of hydrogen-bond acceptors (Lipinski definition) is 1. The van der Waals surface area contributed by atoms with Gasteiger partial charge in [-0.15, -0.1) is 0 Å². The summed E-state index contributed by atoms with van der Waals surface area (Å²) in [4.78, 5) is 0. The highest BCUT2D eigenvalue weighted by atomic mass is 79.9. The largest absolute Gasteiger partial charge is 0.313 e. The number of rotatable bonds is 6. The molecule has 0 heterocycles. The van der Waals surface area contributed by atoms with Crippen molar-refractivity contribution in [1.29, 1.82) is 0 Å². The molecular weight excluding hydrogens is 281 g/mol. The van der Waals surface area contributed by atoms with Crippen LogP contribution >= 0.6 is 15.9 Å². The van der Waals surface area contributed by atoms with Crippen LogP contribution < -0.4 is 5.32 Å². The van der Waals surface area contributed by atoms with Crippen molar-refractivity contribution in [2.24, 2.45) is 5.92 Å². The number of benzene rings is 1. The molecule has 0 aliphatic heterocycles. The molecule has 1 fully saturated rings. The van der Waals surface area contributed by atoms with E-state index < -0.39 is 0 Å². The summed E-state index contributed by atoms with van der Waals surface area (Å²) >= 11 is 3.35. The Kier molecular flexibility index (Phi) is 4.57. The van der Waals surface area contributed by atoms with Crippen LogP contribution in [0.25, 0.3) is 0 Å². The molecule has 0 saturated heterocycles. The third-order valence-electron chi connectivity index (χ3n) is 3.23. The molecule has 1 unspecified atom stereocenters. The highest BCUT2D eigenvalue weighted by Crippen LogP contribution is 2.34. The van der Waals surface area contributed by atoms with Gasteiger partial charge in [-0.2, -0.15) is 0 Å². The monoisotopic (exact) mass is 299 g/mol. The van der Waals surface area contributed by atoms with Crippen LogP contribution in [0.2, 0.25) is 0 Å². The lowest BCUT2D eigenvalue weighted by molar-refractivity contribution is 0.459. The van der Waals surface area contributed by atoms with E-state index in [1.165, 1.54) is 18.9 Å². The van der Waals surface area contributed by atoms with Gasteiger partial charge in [0.15, 0.2) is 0 Å². The van der Waals surface area contributed by atoms with E-state index in [4.69, 9.17) is 0 Å². The zero-order valence-corrected chi connectivity index (χ0v) is 11.8. The summed E-state index contributed by atoms with van der Waals surface area (Å²) in [6, 6.07) is 5.69. The second-order valence-electron chi connectivity index (χ2n) is 4.88. The average molecular weight is 300 g/mol. The van der Waals surface area contributed by atoms with Crippen LogP contribution in [0.4, 0.5) is 4.39 Å². The number of nitrogens with one attached hydrogen (secondary N) is 1. The smallest absolute Gasteiger partial charge is 0.124 e. The Morgan fingerprint density at radius 1 is 1.41 bits per heavy atom. The Morgan fingerprint density at radius 2 is 2.18 bits per heavy atom. The summed E-state index contributed by atoms with van der Waals surface area (Å²) in [6.45, 7) is 3.23. The van der Waals surface area contributed by atoms with E-state index in [1.54, 1.807) is 6.07 Å².